The van der Waals surface area contributed by atoms with Gasteiger partial charge in [-0.1, -0.05) is 42.5 Å². The van der Waals surface area contributed by atoms with Crippen molar-refractivity contribution in [1.29, 1.82) is 0 Å². The average Bonchev–Trinajstić information content (AvgIpc) is 3.09. The van der Waals surface area contributed by atoms with E-state index in [0.29, 0.717) is 27.4 Å². The molecule has 2 aromatic heterocycles. The molecule has 7 nitrogen and oxygen atoms in total. The molecule has 3 aromatic carbocycles. The number of H-pyrrole nitrogens is 2. The van der Waals surface area contributed by atoms with Crippen LogP contribution in [-0.4, -0.2) is 25.0 Å². The zero-order valence-corrected chi connectivity index (χ0v) is 15.7. The first-order valence-corrected chi connectivity index (χ1v) is 9.36. The van der Waals surface area contributed by atoms with Crippen molar-refractivity contribution < 1.29 is 10.2 Å². The van der Waals surface area contributed by atoms with Crippen LogP contribution in [0.25, 0.3) is 21.7 Å². The predicted octanol–water partition coefficient (Wildman–Crippen LogP) is 3.22. The van der Waals surface area contributed by atoms with E-state index in [1.165, 1.54) is 16.8 Å². The van der Waals surface area contributed by atoms with Gasteiger partial charge in [-0.3, -0.25) is 14.7 Å². The highest BCUT2D eigenvalue weighted by Crippen LogP contribution is 2.37. The Hall–Kier alpha value is -4.26. The van der Waals surface area contributed by atoms with Gasteiger partial charge < -0.3 is 15.2 Å². The third-order valence-corrected chi connectivity index (χ3v) is 5.31. The Morgan fingerprint density at radius 1 is 0.767 bits per heavy atom. The summed E-state index contributed by atoms with van der Waals surface area (Å²) in [5.41, 5.74) is 0.955. The van der Waals surface area contributed by atoms with Crippen LogP contribution in [0.2, 0.25) is 0 Å². The molecule has 4 N–H and O–H groups in total. The fraction of sp³-hybridized carbons (Fsp3) is 0.0435. The van der Waals surface area contributed by atoms with E-state index in [0.717, 1.165) is 0 Å². The summed E-state index contributed by atoms with van der Waals surface area (Å²) in [6, 6.07) is 19.4. The van der Waals surface area contributed by atoms with Gasteiger partial charge >= 0.3 is 0 Å². The third kappa shape index (κ3) is 2.68. The number of nitrogens with zero attached hydrogens (tertiary/aromatic N) is 1. The van der Waals surface area contributed by atoms with E-state index in [2.05, 4.69) is 10.1 Å². The van der Waals surface area contributed by atoms with E-state index >= 15 is 0 Å². The first-order chi connectivity index (χ1) is 14.5. The van der Waals surface area contributed by atoms with Crippen molar-refractivity contribution in [2.75, 3.05) is 0 Å². The Kier molecular flexibility index (Phi) is 3.96. The molecular weight excluding hydrogens is 382 g/mol. The molecule has 5 aromatic rings. The van der Waals surface area contributed by atoms with E-state index in [4.69, 9.17) is 0 Å². The largest absolute Gasteiger partial charge is 0.508 e. The standard InChI is InChI=1S/C23H17N3O4/c27-14-11-9-13(10-12-14)20(19-17-7-3-4-8-18(17)24-22(19)29)26-23(30)16-6-2-1-5-15(16)21(28)25-26/h1-12,20,24,27,29H,(H,25,28). The Morgan fingerprint density at radius 3 is 2.13 bits per heavy atom. The zero-order chi connectivity index (χ0) is 20.8. The average molecular weight is 399 g/mol. The lowest BCUT2D eigenvalue weighted by Crippen LogP contribution is -2.34. The molecule has 148 valence electrons. The van der Waals surface area contributed by atoms with Gasteiger partial charge in [-0.15, -0.1) is 0 Å². The van der Waals surface area contributed by atoms with Crippen molar-refractivity contribution in [1.82, 2.24) is 14.8 Å². The van der Waals surface area contributed by atoms with Crippen LogP contribution in [0, 0.1) is 0 Å². The highest BCUT2D eigenvalue weighted by molar-refractivity contribution is 5.87. The molecule has 0 aliphatic heterocycles. The molecule has 1 unspecified atom stereocenters. The second-order valence-electron chi connectivity index (χ2n) is 7.09. The van der Waals surface area contributed by atoms with Crippen molar-refractivity contribution in [2.45, 2.75) is 6.04 Å². The summed E-state index contributed by atoms with van der Waals surface area (Å²) in [5.74, 6) is -0.0322. The molecule has 0 aliphatic carbocycles. The number of para-hydroxylation sites is 1. The highest BCUT2D eigenvalue weighted by Gasteiger charge is 2.26. The smallest absolute Gasteiger partial charge is 0.274 e. The minimum atomic E-state index is -0.827. The zero-order valence-electron chi connectivity index (χ0n) is 15.7. The minimum absolute atomic E-state index is 0.0694. The van der Waals surface area contributed by atoms with Gasteiger partial charge in [0.25, 0.3) is 11.1 Å². The maximum absolute atomic E-state index is 13.4. The molecule has 7 heteroatoms. The van der Waals surface area contributed by atoms with E-state index < -0.39 is 17.2 Å². The fourth-order valence-electron chi connectivity index (χ4n) is 3.93. The fourth-order valence-corrected chi connectivity index (χ4v) is 3.93. The van der Waals surface area contributed by atoms with Gasteiger partial charge in [-0.25, -0.2) is 4.68 Å². The van der Waals surface area contributed by atoms with Crippen LogP contribution in [0.15, 0.2) is 82.4 Å². The first kappa shape index (κ1) is 17.8. The van der Waals surface area contributed by atoms with Crippen LogP contribution in [0.1, 0.15) is 17.2 Å². The number of phenolic OH excluding ortho intramolecular Hbond substituents is 1. The van der Waals surface area contributed by atoms with Crippen LogP contribution in [0.5, 0.6) is 11.6 Å². The normalized spacial score (nSPS) is 12.4. The molecule has 0 aliphatic rings. The molecule has 0 fully saturated rings. The van der Waals surface area contributed by atoms with Gasteiger partial charge in [0.05, 0.1) is 16.3 Å². The molecule has 30 heavy (non-hydrogen) atoms. The third-order valence-electron chi connectivity index (χ3n) is 5.31. The molecule has 0 bridgehead atoms. The van der Waals surface area contributed by atoms with Crippen molar-refractivity contribution in [3.05, 3.63) is 105 Å². The van der Waals surface area contributed by atoms with Gasteiger partial charge in [0.15, 0.2) is 5.88 Å². The molecule has 0 radical (unpaired) electrons. The van der Waals surface area contributed by atoms with Gasteiger partial charge in [-0.05, 0) is 35.9 Å². The Balaban J connectivity index is 1.89. The summed E-state index contributed by atoms with van der Waals surface area (Å²) >= 11 is 0. The minimum Gasteiger partial charge on any atom is -0.508 e. The van der Waals surface area contributed by atoms with Crippen LogP contribution in [0.3, 0.4) is 0 Å². The molecule has 0 saturated heterocycles. The van der Waals surface area contributed by atoms with Gasteiger partial charge in [0.2, 0.25) is 0 Å². The summed E-state index contributed by atoms with van der Waals surface area (Å²) in [6.07, 6.45) is 0. The molecule has 0 spiro atoms. The van der Waals surface area contributed by atoms with E-state index in [1.54, 1.807) is 36.4 Å². The monoisotopic (exact) mass is 399 g/mol. The van der Waals surface area contributed by atoms with Crippen LogP contribution < -0.4 is 11.1 Å². The lowest BCUT2D eigenvalue weighted by molar-refractivity contribution is 0.438. The summed E-state index contributed by atoms with van der Waals surface area (Å²) in [4.78, 5) is 29.0. The second-order valence-corrected chi connectivity index (χ2v) is 7.09. The van der Waals surface area contributed by atoms with Crippen LogP contribution in [-0.2, 0) is 0 Å². The summed E-state index contributed by atoms with van der Waals surface area (Å²) in [7, 11) is 0. The summed E-state index contributed by atoms with van der Waals surface area (Å²) < 4.78 is 1.23. The Labute approximate surface area is 169 Å². The number of rotatable bonds is 3. The van der Waals surface area contributed by atoms with Crippen molar-refractivity contribution in [3.8, 4) is 11.6 Å². The number of aromatic nitrogens is 3. The molecule has 0 amide bonds. The maximum Gasteiger partial charge on any atom is 0.274 e. The number of phenols is 1. The number of hydrogen-bond acceptors (Lipinski definition) is 4. The van der Waals surface area contributed by atoms with Gasteiger partial charge in [0, 0.05) is 10.9 Å². The van der Waals surface area contributed by atoms with Gasteiger partial charge in [-0.2, -0.15) is 0 Å². The maximum atomic E-state index is 13.4. The lowest BCUT2D eigenvalue weighted by atomic mass is 9.97. The van der Waals surface area contributed by atoms with E-state index in [9.17, 15) is 19.8 Å². The molecular formula is C23H17N3O4. The Morgan fingerprint density at radius 2 is 1.40 bits per heavy atom. The molecule has 5 rings (SSSR count). The number of aromatic amines is 2. The van der Waals surface area contributed by atoms with Crippen molar-refractivity contribution in [2.24, 2.45) is 0 Å². The predicted molar refractivity (Wildman–Crippen MR) is 114 cm³/mol. The lowest BCUT2D eigenvalue weighted by Gasteiger charge is -2.21. The number of fused-ring (bicyclic) bond motifs is 2. The Bertz CT molecular complexity index is 1510. The highest BCUT2D eigenvalue weighted by atomic mass is 16.3. The van der Waals surface area contributed by atoms with E-state index in [1.807, 2.05) is 24.3 Å². The molecule has 0 saturated carbocycles. The molecule has 2 heterocycles. The van der Waals surface area contributed by atoms with Crippen molar-refractivity contribution >= 4 is 21.7 Å². The number of aromatic hydroxyl groups is 2. The van der Waals surface area contributed by atoms with Crippen LogP contribution in [0.4, 0.5) is 0 Å². The number of hydrogen-bond donors (Lipinski definition) is 4. The SMILES string of the molecule is O=c1[nH]n(C(c2ccc(O)cc2)c2c(O)[nH]c3ccccc23)c(=O)c2ccccc12. The topological polar surface area (TPSA) is 111 Å². The quantitative estimate of drug-likeness (QED) is 0.373. The summed E-state index contributed by atoms with van der Waals surface area (Å²) in [5, 5.41) is 24.4. The summed E-state index contributed by atoms with van der Waals surface area (Å²) in [6.45, 7) is 0. The number of nitrogens with one attached hydrogen (secondary N) is 2. The van der Waals surface area contributed by atoms with E-state index in [-0.39, 0.29) is 17.0 Å². The van der Waals surface area contributed by atoms with Crippen molar-refractivity contribution in [3.63, 3.8) is 0 Å². The number of benzene rings is 3. The van der Waals surface area contributed by atoms with Gasteiger partial charge in [0.1, 0.15) is 11.8 Å². The second kappa shape index (κ2) is 6.66. The van der Waals surface area contributed by atoms with Crippen LogP contribution >= 0.6 is 0 Å². The first-order valence-electron chi connectivity index (χ1n) is 9.36. The molecule has 1 atom stereocenters.